The highest BCUT2D eigenvalue weighted by Crippen LogP contribution is 2.33. The van der Waals surface area contributed by atoms with Crippen molar-refractivity contribution in [2.45, 2.75) is 61.5 Å². The van der Waals surface area contributed by atoms with E-state index < -0.39 is 10.0 Å². The van der Waals surface area contributed by atoms with Crippen LogP contribution in [0, 0.1) is 6.92 Å². The number of nitrogens with one attached hydrogen (secondary N) is 1. The van der Waals surface area contributed by atoms with Crippen LogP contribution >= 0.6 is 11.8 Å². The van der Waals surface area contributed by atoms with E-state index in [9.17, 15) is 13.2 Å². The second kappa shape index (κ2) is 10.6. The fraction of sp³-hybridized carbons (Fsp3) is 0.500. The lowest BCUT2D eigenvalue weighted by Gasteiger charge is -2.21. The van der Waals surface area contributed by atoms with Gasteiger partial charge in [-0.1, -0.05) is 43.2 Å². The smallest absolute Gasteiger partial charge is 0.242 e. The summed E-state index contributed by atoms with van der Waals surface area (Å²) in [7, 11) is -0.627. The van der Waals surface area contributed by atoms with Crippen molar-refractivity contribution in [3.8, 4) is 0 Å². The Morgan fingerprint density at radius 3 is 2.66 bits per heavy atom. The maximum Gasteiger partial charge on any atom is 0.242 e. The van der Waals surface area contributed by atoms with Crippen LogP contribution in [0.15, 0.2) is 40.9 Å². The molecule has 1 fully saturated rings. The topological polar surface area (TPSA) is 97.2 Å². The SMILES string of the molecule is C=CCn1c(SCC(=O)Nc2cc(S(=O)(=O)N(C)C)ccc2C)nnc1C1CCCCC1. The minimum absolute atomic E-state index is 0.138. The van der Waals surface area contributed by atoms with Crippen LogP contribution < -0.4 is 5.32 Å². The first-order chi connectivity index (χ1) is 15.2. The first kappa shape index (κ1) is 24.5. The maximum atomic E-state index is 12.6. The largest absolute Gasteiger partial charge is 0.325 e. The molecule has 0 bridgehead atoms. The van der Waals surface area contributed by atoms with Crippen molar-refractivity contribution >= 4 is 33.4 Å². The van der Waals surface area contributed by atoms with E-state index >= 15 is 0 Å². The molecule has 1 aliphatic rings. The molecule has 1 saturated carbocycles. The van der Waals surface area contributed by atoms with Gasteiger partial charge >= 0.3 is 0 Å². The van der Waals surface area contributed by atoms with Crippen LogP contribution in [-0.2, 0) is 21.4 Å². The summed E-state index contributed by atoms with van der Waals surface area (Å²) in [5.74, 6) is 1.29. The Morgan fingerprint density at radius 2 is 2.00 bits per heavy atom. The fourth-order valence-corrected chi connectivity index (χ4v) is 5.48. The summed E-state index contributed by atoms with van der Waals surface area (Å²) in [5.41, 5.74) is 1.27. The lowest BCUT2D eigenvalue weighted by Crippen LogP contribution is -2.22. The number of amides is 1. The molecule has 32 heavy (non-hydrogen) atoms. The molecule has 0 atom stereocenters. The summed E-state index contributed by atoms with van der Waals surface area (Å²) in [4.78, 5) is 12.8. The average Bonchev–Trinajstić information content (AvgIpc) is 3.17. The highest BCUT2D eigenvalue weighted by atomic mass is 32.2. The predicted octanol–water partition coefficient (Wildman–Crippen LogP) is 3.80. The Morgan fingerprint density at radius 1 is 1.28 bits per heavy atom. The van der Waals surface area contributed by atoms with E-state index in [1.54, 1.807) is 12.1 Å². The minimum Gasteiger partial charge on any atom is -0.325 e. The molecular weight excluding hydrogens is 446 g/mol. The Bertz CT molecular complexity index is 1070. The first-order valence-electron chi connectivity index (χ1n) is 10.7. The second-order valence-corrected chi connectivity index (χ2v) is 11.3. The quantitative estimate of drug-likeness (QED) is 0.436. The van der Waals surface area contributed by atoms with Gasteiger partial charge in [0.15, 0.2) is 5.16 Å². The number of rotatable bonds is 9. The lowest BCUT2D eigenvalue weighted by molar-refractivity contribution is -0.113. The fourth-order valence-electron chi connectivity index (χ4n) is 3.79. The molecule has 10 heteroatoms. The van der Waals surface area contributed by atoms with E-state index in [2.05, 4.69) is 26.7 Å². The van der Waals surface area contributed by atoms with Gasteiger partial charge in [-0.05, 0) is 37.5 Å². The van der Waals surface area contributed by atoms with Crippen molar-refractivity contribution in [3.05, 3.63) is 42.2 Å². The molecule has 0 spiro atoms. The average molecular weight is 478 g/mol. The number of thioether (sulfide) groups is 1. The maximum absolute atomic E-state index is 12.6. The minimum atomic E-state index is -3.58. The van der Waals surface area contributed by atoms with E-state index in [-0.39, 0.29) is 16.6 Å². The summed E-state index contributed by atoms with van der Waals surface area (Å²) in [6.45, 7) is 6.28. The summed E-state index contributed by atoms with van der Waals surface area (Å²) < 4.78 is 28.0. The molecule has 3 rings (SSSR count). The van der Waals surface area contributed by atoms with Gasteiger partial charge in [0.05, 0.1) is 10.6 Å². The van der Waals surface area contributed by atoms with Gasteiger partial charge in [0, 0.05) is 32.2 Å². The second-order valence-electron chi connectivity index (χ2n) is 8.18. The van der Waals surface area contributed by atoms with Crippen molar-refractivity contribution in [2.24, 2.45) is 0 Å². The van der Waals surface area contributed by atoms with E-state index in [0.29, 0.717) is 23.3 Å². The van der Waals surface area contributed by atoms with Crippen LogP contribution in [0.25, 0.3) is 0 Å². The van der Waals surface area contributed by atoms with Crippen molar-refractivity contribution in [3.63, 3.8) is 0 Å². The highest BCUT2D eigenvalue weighted by Gasteiger charge is 2.24. The van der Waals surface area contributed by atoms with E-state index in [0.717, 1.165) is 28.5 Å². The van der Waals surface area contributed by atoms with Gasteiger partial charge in [-0.2, -0.15) is 0 Å². The number of benzene rings is 1. The number of nitrogens with zero attached hydrogens (tertiary/aromatic N) is 4. The molecule has 8 nitrogen and oxygen atoms in total. The van der Waals surface area contributed by atoms with Crippen LogP contribution in [0.3, 0.4) is 0 Å². The number of hydrogen-bond donors (Lipinski definition) is 1. The molecule has 174 valence electrons. The normalized spacial score (nSPS) is 15.1. The van der Waals surface area contributed by atoms with Crippen LogP contribution in [0.1, 0.15) is 49.4 Å². The van der Waals surface area contributed by atoms with Crippen molar-refractivity contribution in [2.75, 3.05) is 25.2 Å². The van der Waals surface area contributed by atoms with Gasteiger partial charge in [-0.15, -0.1) is 16.8 Å². The van der Waals surface area contributed by atoms with Crippen LogP contribution in [0.2, 0.25) is 0 Å². The Balaban J connectivity index is 1.70. The zero-order chi connectivity index (χ0) is 23.3. The highest BCUT2D eigenvalue weighted by molar-refractivity contribution is 7.99. The van der Waals surface area contributed by atoms with Crippen LogP contribution in [-0.4, -0.2) is 53.2 Å². The summed E-state index contributed by atoms with van der Waals surface area (Å²) in [5, 5.41) is 12.3. The van der Waals surface area contributed by atoms with Gasteiger partial charge in [0.25, 0.3) is 0 Å². The molecule has 1 aliphatic carbocycles. The van der Waals surface area contributed by atoms with Crippen LogP contribution in [0.4, 0.5) is 5.69 Å². The van der Waals surface area contributed by atoms with Gasteiger partial charge in [0.2, 0.25) is 15.9 Å². The van der Waals surface area contributed by atoms with Crippen LogP contribution in [0.5, 0.6) is 0 Å². The number of sulfonamides is 1. The van der Waals surface area contributed by atoms with Crippen molar-refractivity contribution in [1.29, 1.82) is 0 Å². The molecule has 1 N–H and O–H groups in total. The zero-order valence-electron chi connectivity index (χ0n) is 18.9. The molecule has 1 amide bonds. The summed E-state index contributed by atoms with van der Waals surface area (Å²) in [6.07, 6.45) is 7.74. The standard InChI is InChI=1S/C22H31N5O3S2/c1-5-13-27-21(17-9-7-6-8-10-17)24-25-22(27)31-15-20(28)23-19-14-18(12-11-16(19)2)32(29,30)26(3)4/h5,11-12,14,17H,1,6-10,13,15H2,2-4H3,(H,23,28). The van der Waals surface area contributed by atoms with Gasteiger partial charge in [0.1, 0.15) is 5.82 Å². The Labute approximate surface area is 194 Å². The molecule has 1 heterocycles. The Hall–Kier alpha value is -2.17. The predicted molar refractivity (Wildman–Crippen MR) is 127 cm³/mol. The molecule has 0 unspecified atom stereocenters. The number of carbonyl (C=O) groups is 1. The van der Waals surface area contributed by atoms with E-state index in [1.165, 1.54) is 51.2 Å². The summed E-state index contributed by atoms with van der Waals surface area (Å²) in [6, 6.07) is 4.73. The third kappa shape index (κ3) is 5.60. The number of allylic oxidation sites excluding steroid dienone is 1. The third-order valence-corrected chi connectivity index (χ3v) is 8.40. The molecule has 2 aromatic rings. The van der Waals surface area contributed by atoms with Gasteiger partial charge in [-0.25, -0.2) is 12.7 Å². The number of carbonyl (C=O) groups excluding carboxylic acids is 1. The monoisotopic (exact) mass is 477 g/mol. The lowest BCUT2D eigenvalue weighted by atomic mass is 9.89. The Kier molecular flexibility index (Phi) is 8.13. The molecule has 0 saturated heterocycles. The first-order valence-corrected chi connectivity index (χ1v) is 13.2. The van der Waals surface area contributed by atoms with E-state index in [4.69, 9.17) is 0 Å². The summed E-state index contributed by atoms with van der Waals surface area (Å²) >= 11 is 1.32. The molecule has 0 radical (unpaired) electrons. The molecular formula is C22H31N5O3S2. The number of aromatic nitrogens is 3. The third-order valence-electron chi connectivity index (χ3n) is 5.62. The molecule has 0 aliphatic heterocycles. The zero-order valence-corrected chi connectivity index (χ0v) is 20.5. The van der Waals surface area contributed by atoms with E-state index in [1.807, 2.05) is 13.0 Å². The van der Waals surface area contributed by atoms with Gasteiger partial charge in [-0.3, -0.25) is 4.79 Å². The van der Waals surface area contributed by atoms with Crippen molar-refractivity contribution < 1.29 is 13.2 Å². The number of aryl methyl sites for hydroxylation is 1. The molecule has 1 aromatic heterocycles. The number of anilines is 1. The van der Waals surface area contributed by atoms with Gasteiger partial charge < -0.3 is 9.88 Å². The molecule has 1 aromatic carbocycles. The van der Waals surface area contributed by atoms with Crippen molar-refractivity contribution in [1.82, 2.24) is 19.1 Å². The number of hydrogen-bond acceptors (Lipinski definition) is 6.